The van der Waals surface area contributed by atoms with Gasteiger partial charge in [-0.25, -0.2) is 8.42 Å². The second-order valence-corrected chi connectivity index (χ2v) is 9.06. The van der Waals surface area contributed by atoms with E-state index in [-0.39, 0.29) is 16.5 Å². The summed E-state index contributed by atoms with van der Waals surface area (Å²) in [5.74, 6) is 1.62. The fourth-order valence-corrected chi connectivity index (χ4v) is 4.26. The van der Waals surface area contributed by atoms with Crippen LogP contribution in [0.15, 0.2) is 71.6 Å². The van der Waals surface area contributed by atoms with Gasteiger partial charge in [-0.2, -0.15) is 0 Å². The van der Waals surface area contributed by atoms with Crippen molar-refractivity contribution in [2.24, 2.45) is 0 Å². The summed E-state index contributed by atoms with van der Waals surface area (Å²) >= 11 is 0. The lowest BCUT2D eigenvalue weighted by Crippen LogP contribution is -2.32. The molecular formula is C25H28N2O7S. The maximum Gasteiger partial charge on any atom is 0.265 e. The van der Waals surface area contributed by atoms with Gasteiger partial charge in [0.15, 0.2) is 6.10 Å². The van der Waals surface area contributed by atoms with Gasteiger partial charge >= 0.3 is 0 Å². The monoisotopic (exact) mass is 500 g/mol. The Morgan fingerprint density at radius 2 is 1.51 bits per heavy atom. The highest BCUT2D eigenvalue weighted by atomic mass is 32.2. The second-order valence-electron chi connectivity index (χ2n) is 7.38. The van der Waals surface area contributed by atoms with Gasteiger partial charge in [0.2, 0.25) is 0 Å². The Balaban J connectivity index is 1.69. The molecule has 0 fully saturated rings. The normalized spacial score (nSPS) is 11.8. The molecule has 1 amide bonds. The van der Waals surface area contributed by atoms with E-state index in [9.17, 15) is 13.2 Å². The van der Waals surface area contributed by atoms with Crippen LogP contribution < -0.4 is 29.0 Å². The predicted octanol–water partition coefficient (Wildman–Crippen LogP) is 4.31. The molecule has 0 spiro atoms. The minimum atomic E-state index is -3.90. The van der Waals surface area contributed by atoms with E-state index < -0.39 is 16.1 Å². The second kappa shape index (κ2) is 11.5. The molecule has 0 radical (unpaired) electrons. The Labute approximate surface area is 205 Å². The lowest BCUT2D eigenvalue weighted by Gasteiger charge is -2.18. The number of sulfonamides is 1. The van der Waals surface area contributed by atoms with E-state index in [1.807, 2.05) is 6.92 Å². The molecule has 0 aliphatic rings. The zero-order valence-electron chi connectivity index (χ0n) is 19.9. The molecular weight excluding hydrogens is 472 g/mol. The van der Waals surface area contributed by atoms with Crippen molar-refractivity contribution in [2.45, 2.75) is 24.3 Å². The number of carbonyl (C=O) groups is 1. The van der Waals surface area contributed by atoms with Crippen molar-refractivity contribution in [2.75, 3.05) is 31.4 Å². The van der Waals surface area contributed by atoms with Gasteiger partial charge in [0.25, 0.3) is 15.9 Å². The van der Waals surface area contributed by atoms with Gasteiger partial charge in [-0.15, -0.1) is 0 Å². The number of hydrogen-bond acceptors (Lipinski definition) is 7. The molecule has 35 heavy (non-hydrogen) atoms. The Morgan fingerprint density at radius 3 is 2.14 bits per heavy atom. The molecule has 9 nitrogen and oxygen atoms in total. The number of carbonyl (C=O) groups excluding carboxylic acids is 1. The Kier molecular flexibility index (Phi) is 8.43. The van der Waals surface area contributed by atoms with Crippen molar-refractivity contribution >= 4 is 27.3 Å². The molecule has 0 saturated heterocycles. The van der Waals surface area contributed by atoms with Crippen LogP contribution in [-0.4, -0.2) is 41.8 Å². The average Bonchev–Trinajstić information content (AvgIpc) is 2.87. The van der Waals surface area contributed by atoms with Gasteiger partial charge in [0.1, 0.15) is 23.0 Å². The van der Waals surface area contributed by atoms with Crippen molar-refractivity contribution in [1.29, 1.82) is 0 Å². The van der Waals surface area contributed by atoms with Crippen molar-refractivity contribution in [3.8, 4) is 23.0 Å². The van der Waals surface area contributed by atoms with E-state index in [0.29, 0.717) is 35.1 Å². The van der Waals surface area contributed by atoms with Crippen molar-refractivity contribution in [3.63, 3.8) is 0 Å². The minimum absolute atomic E-state index is 0.0213. The van der Waals surface area contributed by atoms with Crippen LogP contribution >= 0.6 is 0 Å². The number of benzene rings is 3. The summed E-state index contributed by atoms with van der Waals surface area (Å²) in [6.45, 7) is 1.83. The summed E-state index contributed by atoms with van der Waals surface area (Å²) in [7, 11) is 0.595. The summed E-state index contributed by atoms with van der Waals surface area (Å²) < 4.78 is 49.6. The molecule has 3 rings (SSSR count). The fraction of sp³-hybridized carbons (Fsp3) is 0.240. The molecule has 186 valence electrons. The highest BCUT2D eigenvalue weighted by Crippen LogP contribution is 2.31. The minimum Gasteiger partial charge on any atom is -0.497 e. The summed E-state index contributed by atoms with van der Waals surface area (Å²) in [4.78, 5) is 12.7. The lowest BCUT2D eigenvalue weighted by molar-refractivity contribution is -0.122. The molecule has 0 aromatic heterocycles. The van der Waals surface area contributed by atoms with Gasteiger partial charge in [-0.1, -0.05) is 13.0 Å². The van der Waals surface area contributed by atoms with Crippen LogP contribution in [0.25, 0.3) is 0 Å². The van der Waals surface area contributed by atoms with Gasteiger partial charge in [-0.3, -0.25) is 9.52 Å². The molecule has 0 aliphatic heterocycles. The molecule has 0 unspecified atom stereocenters. The van der Waals surface area contributed by atoms with Gasteiger partial charge in [0.05, 0.1) is 31.9 Å². The fourth-order valence-electron chi connectivity index (χ4n) is 3.19. The van der Waals surface area contributed by atoms with E-state index in [1.54, 1.807) is 49.6 Å². The first kappa shape index (κ1) is 25.7. The summed E-state index contributed by atoms with van der Waals surface area (Å²) in [6.07, 6.45) is -0.307. The number of hydrogen-bond donors (Lipinski definition) is 2. The molecule has 3 aromatic carbocycles. The molecule has 0 heterocycles. The first-order chi connectivity index (χ1) is 16.8. The lowest BCUT2D eigenvalue weighted by atomic mass is 10.2. The van der Waals surface area contributed by atoms with Crippen LogP contribution in [0, 0.1) is 0 Å². The van der Waals surface area contributed by atoms with Crippen molar-refractivity contribution in [1.82, 2.24) is 0 Å². The zero-order chi connectivity index (χ0) is 25.4. The first-order valence-corrected chi connectivity index (χ1v) is 12.2. The van der Waals surface area contributed by atoms with E-state index in [0.717, 1.165) is 0 Å². The van der Waals surface area contributed by atoms with E-state index in [1.165, 1.54) is 38.5 Å². The largest absolute Gasteiger partial charge is 0.497 e. The van der Waals surface area contributed by atoms with Gasteiger partial charge in [-0.05, 0) is 55.0 Å². The standard InChI is InChI=1S/C25H28N2O7S/c1-5-23(34-20-8-6-7-18(15-20)31-2)25(28)26-17-9-12-21(13-10-17)35(29,30)27-22-14-11-19(32-3)16-24(22)33-4/h6-16,23,27H,5H2,1-4H3,(H,26,28)/t23-/m0/s1. The topological polar surface area (TPSA) is 112 Å². The smallest absolute Gasteiger partial charge is 0.265 e. The molecule has 2 N–H and O–H groups in total. The zero-order valence-corrected chi connectivity index (χ0v) is 20.7. The number of rotatable bonds is 11. The van der Waals surface area contributed by atoms with E-state index in [2.05, 4.69) is 10.0 Å². The molecule has 0 aliphatic carbocycles. The number of anilines is 2. The van der Waals surface area contributed by atoms with Gasteiger partial charge < -0.3 is 24.3 Å². The quantitative estimate of drug-likeness (QED) is 0.403. The number of amides is 1. The number of nitrogens with one attached hydrogen (secondary N) is 2. The van der Waals surface area contributed by atoms with Crippen LogP contribution in [0.1, 0.15) is 13.3 Å². The average molecular weight is 501 g/mol. The third-order valence-electron chi connectivity index (χ3n) is 5.07. The van der Waals surface area contributed by atoms with Crippen LogP contribution in [0.2, 0.25) is 0 Å². The molecule has 0 saturated carbocycles. The highest BCUT2D eigenvalue weighted by molar-refractivity contribution is 7.92. The van der Waals surface area contributed by atoms with Crippen LogP contribution in [0.3, 0.4) is 0 Å². The number of methoxy groups -OCH3 is 3. The van der Waals surface area contributed by atoms with Crippen molar-refractivity contribution in [3.05, 3.63) is 66.7 Å². The Bertz CT molecular complexity index is 1260. The molecule has 3 aromatic rings. The van der Waals surface area contributed by atoms with Crippen LogP contribution in [0.4, 0.5) is 11.4 Å². The maximum atomic E-state index is 12.9. The highest BCUT2D eigenvalue weighted by Gasteiger charge is 2.20. The first-order valence-electron chi connectivity index (χ1n) is 10.8. The van der Waals surface area contributed by atoms with Crippen LogP contribution in [0.5, 0.6) is 23.0 Å². The summed E-state index contributed by atoms with van der Waals surface area (Å²) in [6, 6.07) is 17.6. The summed E-state index contributed by atoms with van der Waals surface area (Å²) in [5.41, 5.74) is 0.704. The van der Waals surface area contributed by atoms with E-state index in [4.69, 9.17) is 18.9 Å². The van der Waals surface area contributed by atoms with E-state index >= 15 is 0 Å². The molecule has 10 heteroatoms. The molecule has 1 atom stereocenters. The van der Waals surface area contributed by atoms with Crippen LogP contribution in [-0.2, 0) is 14.8 Å². The summed E-state index contributed by atoms with van der Waals surface area (Å²) in [5, 5.41) is 2.76. The maximum absolute atomic E-state index is 12.9. The SMILES string of the molecule is CC[C@H](Oc1cccc(OC)c1)C(=O)Nc1ccc(S(=O)(=O)Nc2ccc(OC)cc2OC)cc1. The third kappa shape index (κ3) is 6.57. The van der Waals surface area contributed by atoms with Crippen molar-refractivity contribution < 1.29 is 32.2 Å². The Morgan fingerprint density at radius 1 is 0.857 bits per heavy atom. The van der Waals surface area contributed by atoms with Gasteiger partial charge in [0, 0.05) is 17.8 Å². The third-order valence-corrected chi connectivity index (χ3v) is 6.45. The Hall–Kier alpha value is -3.92. The predicted molar refractivity (Wildman–Crippen MR) is 133 cm³/mol. The molecule has 0 bridgehead atoms. The number of ether oxygens (including phenoxy) is 4.